The van der Waals surface area contributed by atoms with Crippen LogP contribution in [-0.2, 0) is 50.1 Å². The van der Waals surface area contributed by atoms with Gasteiger partial charge in [-0.3, -0.25) is 0 Å². The lowest BCUT2D eigenvalue weighted by Gasteiger charge is -2.46. The number of nitrogens with one attached hydrogen (secondary N) is 1. The maximum absolute atomic E-state index is 11.8. The van der Waals surface area contributed by atoms with E-state index >= 15 is 0 Å². The molecule has 0 aliphatic carbocycles. The van der Waals surface area contributed by atoms with Gasteiger partial charge in [-0.1, -0.05) is 121 Å². The Bertz CT molecular complexity index is 1380. The Balaban J connectivity index is 1.42. The van der Waals surface area contributed by atoms with E-state index in [4.69, 9.17) is 29.4 Å². The van der Waals surface area contributed by atoms with Crippen LogP contribution < -0.4 is 11.1 Å². The molecular weight excluding hydrogens is 556 g/mol. The highest BCUT2D eigenvalue weighted by molar-refractivity contribution is 5.71. The minimum Gasteiger partial charge on any atom is -0.374 e. The lowest BCUT2D eigenvalue weighted by Crippen LogP contribution is -2.63. The van der Waals surface area contributed by atoms with Crippen molar-refractivity contribution in [2.45, 2.75) is 56.9 Å². The Morgan fingerprint density at radius 3 is 1.39 bits per heavy atom. The summed E-state index contributed by atoms with van der Waals surface area (Å²) >= 11 is 0. The molecule has 5 atom stereocenters. The van der Waals surface area contributed by atoms with Gasteiger partial charge in [0.2, 0.25) is 0 Å². The van der Waals surface area contributed by atoms with Crippen molar-refractivity contribution in [2.75, 3.05) is 13.2 Å². The number of rotatable bonds is 15. The Hall–Kier alpha value is -4.05. The molecule has 0 saturated carbocycles. The molecule has 230 valence electrons. The summed E-state index contributed by atoms with van der Waals surface area (Å²) in [5.41, 5.74) is 9.59. The third-order valence-electron chi connectivity index (χ3n) is 7.46. The molecule has 44 heavy (non-hydrogen) atoms. The second kappa shape index (κ2) is 16.7. The summed E-state index contributed by atoms with van der Waals surface area (Å²) in [6.07, 6.45) is -2.77. The number of hydrogen-bond donors (Lipinski definition) is 2. The molecule has 4 aromatic rings. The molecule has 0 unspecified atom stereocenters. The van der Waals surface area contributed by atoms with Crippen molar-refractivity contribution in [3.05, 3.63) is 144 Å². The molecule has 1 aliphatic heterocycles. The molecule has 3 N–H and O–H groups in total. The van der Waals surface area contributed by atoms with E-state index in [1.165, 1.54) is 0 Å². The molecule has 0 spiro atoms. The van der Waals surface area contributed by atoms with E-state index in [1.54, 1.807) is 0 Å². The van der Waals surface area contributed by atoms with Crippen LogP contribution in [0.1, 0.15) is 22.3 Å². The highest BCUT2D eigenvalue weighted by Gasteiger charge is 2.48. The predicted molar refractivity (Wildman–Crippen MR) is 167 cm³/mol. The molecule has 0 radical (unpaired) electrons. The summed E-state index contributed by atoms with van der Waals surface area (Å²) in [6, 6.07) is 39.2. The summed E-state index contributed by atoms with van der Waals surface area (Å²) in [6.45, 7) is 1.83. The number of carbonyl (C=O) groups excluding carboxylic acids is 1. The van der Waals surface area contributed by atoms with Gasteiger partial charge in [0.15, 0.2) is 0 Å². The van der Waals surface area contributed by atoms with Crippen LogP contribution >= 0.6 is 0 Å². The molecule has 5 rings (SSSR count). The quantitative estimate of drug-likeness (QED) is 0.191. The first kappa shape index (κ1) is 31.4. The van der Waals surface area contributed by atoms with Gasteiger partial charge >= 0.3 is 6.03 Å². The smallest absolute Gasteiger partial charge is 0.312 e. The van der Waals surface area contributed by atoms with Gasteiger partial charge < -0.3 is 34.7 Å². The van der Waals surface area contributed by atoms with E-state index < -0.39 is 36.6 Å². The van der Waals surface area contributed by atoms with Gasteiger partial charge in [0, 0.05) is 6.54 Å². The lowest BCUT2D eigenvalue weighted by molar-refractivity contribution is -0.271. The van der Waals surface area contributed by atoms with Crippen LogP contribution in [0.15, 0.2) is 121 Å². The first-order valence-electron chi connectivity index (χ1n) is 14.9. The molecule has 1 fully saturated rings. The molecule has 8 nitrogen and oxygen atoms in total. The van der Waals surface area contributed by atoms with E-state index in [1.807, 2.05) is 121 Å². The van der Waals surface area contributed by atoms with Gasteiger partial charge in [0.05, 0.1) is 33.0 Å². The molecule has 1 heterocycles. The van der Waals surface area contributed by atoms with Crippen molar-refractivity contribution < 1.29 is 28.5 Å². The fourth-order valence-electron chi connectivity index (χ4n) is 5.25. The number of primary amides is 1. The van der Waals surface area contributed by atoms with E-state index in [-0.39, 0.29) is 13.2 Å². The van der Waals surface area contributed by atoms with Gasteiger partial charge in [-0.2, -0.15) is 0 Å². The highest BCUT2D eigenvalue weighted by Crippen LogP contribution is 2.31. The summed E-state index contributed by atoms with van der Waals surface area (Å²) in [7, 11) is 0. The normalized spacial score (nSPS) is 21.5. The fraction of sp³-hybridized carbons (Fsp3) is 0.306. The van der Waals surface area contributed by atoms with Crippen molar-refractivity contribution in [2.24, 2.45) is 5.73 Å². The average Bonchev–Trinajstić information content (AvgIpc) is 3.07. The number of benzene rings is 4. The zero-order valence-electron chi connectivity index (χ0n) is 24.7. The predicted octanol–water partition coefficient (Wildman–Crippen LogP) is 5.40. The number of ether oxygens (including phenoxy) is 5. The topological polar surface area (TPSA) is 101 Å². The first-order chi connectivity index (χ1) is 21.7. The van der Waals surface area contributed by atoms with Gasteiger partial charge in [-0.05, 0) is 22.3 Å². The van der Waals surface area contributed by atoms with Crippen LogP contribution in [-0.4, -0.2) is 49.7 Å². The first-order valence-corrected chi connectivity index (χ1v) is 14.9. The fourth-order valence-corrected chi connectivity index (χ4v) is 5.25. The van der Waals surface area contributed by atoms with E-state index in [9.17, 15) is 4.79 Å². The number of urea groups is 1. The Labute approximate surface area is 259 Å². The highest BCUT2D eigenvalue weighted by atomic mass is 16.6. The van der Waals surface area contributed by atoms with Crippen LogP contribution in [0.25, 0.3) is 0 Å². The molecular formula is C36H40N2O6. The van der Waals surface area contributed by atoms with Crippen molar-refractivity contribution in [3.63, 3.8) is 0 Å². The number of nitrogens with two attached hydrogens (primary N) is 1. The van der Waals surface area contributed by atoms with E-state index in [0.29, 0.717) is 26.4 Å². The average molecular weight is 597 g/mol. The minimum absolute atomic E-state index is 0.139. The number of carbonyl (C=O) groups is 1. The Morgan fingerprint density at radius 2 is 0.955 bits per heavy atom. The molecule has 8 heteroatoms. The van der Waals surface area contributed by atoms with Crippen LogP contribution in [0.3, 0.4) is 0 Å². The van der Waals surface area contributed by atoms with E-state index in [0.717, 1.165) is 22.3 Å². The monoisotopic (exact) mass is 596 g/mol. The largest absolute Gasteiger partial charge is 0.374 e. The van der Waals surface area contributed by atoms with Crippen molar-refractivity contribution in [1.82, 2.24) is 5.32 Å². The Morgan fingerprint density at radius 1 is 0.568 bits per heavy atom. The molecule has 4 aromatic carbocycles. The van der Waals surface area contributed by atoms with Crippen LogP contribution in [0.4, 0.5) is 4.79 Å². The van der Waals surface area contributed by atoms with Crippen LogP contribution in [0, 0.1) is 0 Å². The van der Waals surface area contributed by atoms with Gasteiger partial charge in [-0.25, -0.2) is 4.79 Å². The SMILES string of the molecule is NC(=O)NC[C@@H]1O[C@H](COCc2ccccc2)[C@H](OCc2ccccc2)[C@H](OCc2ccccc2)[C@H]1OCc1ccccc1. The number of hydrogen-bond acceptors (Lipinski definition) is 6. The van der Waals surface area contributed by atoms with Crippen LogP contribution in [0.5, 0.6) is 0 Å². The molecule has 2 amide bonds. The Kier molecular flexibility index (Phi) is 11.9. The van der Waals surface area contributed by atoms with Crippen molar-refractivity contribution >= 4 is 6.03 Å². The summed E-state index contributed by atoms with van der Waals surface area (Å²) < 4.78 is 32.7. The minimum atomic E-state index is -0.642. The summed E-state index contributed by atoms with van der Waals surface area (Å²) in [5.74, 6) is 0. The second-order valence-electron chi connectivity index (χ2n) is 10.7. The molecule has 0 bridgehead atoms. The molecule has 1 saturated heterocycles. The number of amides is 2. The van der Waals surface area contributed by atoms with Crippen molar-refractivity contribution in [1.29, 1.82) is 0 Å². The maximum Gasteiger partial charge on any atom is 0.312 e. The lowest BCUT2D eigenvalue weighted by atomic mass is 9.93. The summed E-state index contributed by atoms with van der Waals surface area (Å²) in [4.78, 5) is 11.8. The third kappa shape index (κ3) is 9.47. The van der Waals surface area contributed by atoms with Gasteiger partial charge in [0.1, 0.15) is 30.5 Å². The van der Waals surface area contributed by atoms with Crippen LogP contribution in [0.2, 0.25) is 0 Å². The maximum atomic E-state index is 11.8. The second-order valence-corrected chi connectivity index (χ2v) is 10.7. The third-order valence-corrected chi connectivity index (χ3v) is 7.46. The zero-order chi connectivity index (χ0) is 30.4. The van der Waals surface area contributed by atoms with Gasteiger partial charge in [-0.15, -0.1) is 0 Å². The molecule has 1 aliphatic rings. The standard InChI is InChI=1S/C36H40N2O6/c37-36(39)38-21-31-33(41-23-28-15-7-2-8-16-28)35(43-25-30-19-11-4-12-20-30)34(42-24-29-17-9-3-10-18-29)32(44-31)26-40-22-27-13-5-1-6-14-27/h1-20,31-35H,21-26H2,(H3,37,38,39)/t31-,32+,33-,34-,35+/m0/s1. The van der Waals surface area contributed by atoms with Crippen molar-refractivity contribution in [3.8, 4) is 0 Å². The summed E-state index contributed by atoms with van der Waals surface area (Å²) in [5, 5.41) is 2.71. The van der Waals surface area contributed by atoms with Gasteiger partial charge in [0.25, 0.3) is 0 Å². The zero-order valence-corrected chi connectivity index (χ0v) is 24.7. The van der Waals surface area contributed by atoms with E-state index in [2.05, 4.69) is 5.32 Å². The molecule has 0 aromatic heterocycles.